The standard InChI is InChI=1S/C30H56N8O9S/c1-28(2,3)45-25(40)21-36-13-11-35(20-24(39)32-10-19-48(43,44)34-33-31)12-14-37(22-26(41)46-29(4,5)6)16-18-38(17-15-36)23-27(42)47-30(7,8)9/h10-23H2,1-9H3,(H,32,39). The van der Waals surface area contributed by atoms with Crippen LogP contribution in [0.5, 0.6) is 0 Å². The van der Waals surface area contributed by atoms with E-state index in [4.69, 9.17) is 19.7 Å². The second-order valence-electron chi connectivity index (χ2n) is 14.7. The molecular weight excluding hydrogens is 648 g/mol. The Morgan fingerprint density at radius 2 is 0.917 bits per heavy atom. The predicted octanol–water partition coefficient (Wildman–Crippen LogP) is 0.989. The van der Waals surface area contributed by atoms with Gasteiger partial charge in [-0.15, -0.1) is 0 Å². The van der Waals surface area contributed by atoms with Crippen molar-refractivity contribution in [2.24, 2.45) is 4.52 Å². The quantitative estimate of drug-likeness (QED) is 0.0991. The van der Waals surface area contributed by atoms with Crippen LogP contribution < -0.4 is 5.32 Å². The van der Waals surface area contributed by atoms with Gasteiger partial charge in [0.2, 0.25) is 15.9 Å². The Morgan fingerprint density at radius 1 is 0.625 bits per heavy atom. The van der Waals surface area contributed by atoms with Crippen molar-refractivity contribution in [3.63, 3.8) is 0 Å². The number of amides is 1. The van der Waals surface area contributed by atoms with Gasteiger partial charge in [-0.3, -0.25) is 38.8 Å². The summed E-state index contributed by atoms with van der Waals surface area (Å²) in [5, 5.41) is 2.54. The summed E-state index contributed by atoms with van der Waals surface area (Å²) in [5.41, 5.74) is 6.39. The number of esters is 3. The van der Waals surface area contributed by atoms with E-state index in [-0.39, 0.29) is 32.7 Å². The average Bonchev–Trinajstić information content (AvgIpc) is 2.86. The molecule has 0 atom stereocenters. The fourth-order valence-corrected chi connectivity index (χ4v) is 5.11. The van der Waals surface area contributed by atoms with E-state index >= 15 is 0 Å². The maximum absolute atomic E-state index is 12.8. The van der Waals surface area contributed by atoms with Crippen LogP contribution in [0.25, 0.3) is 10.4 Å². The second-order valence-corrected chi connectivity index (χ2v) is 16.4. The third-order valence-electron chi connectivity index (χ3n) is 6.46. The number of ether oxygens (including phenoxy) is 3. The Balaban J connectivity index is 3.22. The van der Waals surface area contributed by atoms with Crippen LogP contribution in [-0.4, -0.2) is 159 Å². The van der Waals surface area contributed by atoms with E-state index in [9.17, 15) is 27.6 Å². The van der Waals surface area contributed by atoms with Crippen molar-refractivity contribution in [3.05, 3.63) is 10.4 Å². The van der Waals surface area contributed by atoms with Gasteiger partial charge in [0.1, 0.15) is 16.8 Å². The number of hydrogen-bond acceptors (Lipinski definition) is 13. The number of azide groups is 1. The fourth-order valence-electron chi connectivity index (χ4n) is 4.55. The zero-order valence-corrected chi connectivity index (χ0v) is 30.9. The molecule has 0 unspecified atom stereocenters. The first-order valence-corrected chi connectivity index (χ1v) is 17.7. The van der Waals surface area contributed by atoms with E-state index in [0.717, 1.165) is 0 Å². The molecule has 0 aliphatic carbocycles. The minimum atomic E-state index is -4.03. The van der Waals surface area contributed by atoms with Gasteiger partial charge in [0.25, 0.3) is 0 Å². The molecular formula is C30H56N8O9S. The molecule has 1 aliphatic heterocycles. The van der Waals surface area contributed by atoms with Crippen molar-refractivity contribution in [1.29, 1.82) is 0 Å². The zero-order valence-electron chi connectivity index (χ0n) is 30.1. The summed E-state index contributed by atoms with van der Waals surface area (Å²) in [6, 6.07) is 0. The van der Waals surface area contributed by atoms with E-state index in [0.29, 0.717) is 52.4 Å². The summed E-state index contributed by atoms with van der Waals surface area (Å²) in [6.07, 6.45) is 0. The van der Waals surface area contributed by atoms with Crippen LogP contribution in [-0.2, 0) is 43.4 Å². The molecule has 0 aromatic carbocycles. The molecule has 1 fully saturated rings. The number of nitrogens with zero attached hydrogens (tertiary/aromatic N) is 7. The molecule has 1 aliphatic rings. The van der Waals surface area contributed by atoms with Gasteiger partial charge in [0.15, 0.2) is 0 Å². The third-order valence-corrected chi connectivity index (χ3v) is 7.50. The van der Waals surface area contributed by atoms with Gasteiger partial charge in [0.05, 0.1) is 31.9 Å². The highest BCUT2D eigenvalue weighted by atomic mass is 32.2. The van der Waals surface area contributed by atoms with E-state index in [1.807, 2.05) is 19.6 Å². The third kappa shape index (κ3) is 21.8. The molecule has 0 aromatic heterocycles. The van der Waals surface area contributed by atoms with Crippen LogP contribution in [0.4, 0.5) is 0 Å². The predicted molar refractivity (Wildman–Crippen MR) is 179 cm³/mol. The minimum Gasteiger partial charge on any atom is -0.459 e. The first kappa shape index (κ1) is 43.0. The molecule has 1 heterocycles. The largest absolute Gasteiger partial charge is 0.459 e. The number of nitrogens with one attached hydrogen (secondary N) is 1. The molecule has 18 heteroatoms. The Kier molecular flexibility index (Phi) is 17.2. The number of rotatable bonds is 12. The van der Waals surface area contributed by atoms with Crippen LogP contribution in [0.2, 0.25) is 0 Å². The maximum Gasteiger partial charge on any atom is 0.320 e. The molecule has 1 N–H and O–H groups in total. The maximum atomic E-state index is 12.8. The van der Waals surface area contributed by atoms with Crippen molar-refractivity contribution in [2.45, 2.75) is 79.1 Å². The Labute approximate surface area is 285 Å². The summed E-state index contributed by atoms with van der Waals surface area (Å²) in [7, 11) is -4.03. The van der Waals surface area contributed by atoms with Crippen molar-refractivity contribution in [2.75, 3.05) is 90.8 Å². The minimum absolute atomic E-state index is 0.0134. The van der Waals surface area contributed by atoms with Crippen molar-refractivity contribution in [1.82, 2.24) is 24.9 Å². The Morgan fingerprint density at radius 3 is 1.19 bits per heavy atom. The molecule has 0 saturated carbocycles. The van der Waals surface area contributed by atoms with Crippen LogP contribution >= 0.6 is 0 Å². The van der Waals surface area contributed by atoms with E-state index in [1.54, 1.807) is 62.3 Å². The molecule has 48 heavy (non-hydrogen) atoms. The lowest BCUT2D eigenvalue weighted by Crippen LogP contribution is -2.50. The van der Waals surface area contributed by atoms with Crippen LogP contribution in [0.3, 0.4) is 0 Å². The summed E-state index contributed by atoms with van der Waals surface area (Å²) in [4.78, 5) is 61.1. The average molecular weight is 705 g/mol. The molecule has 0 aromatic rings. The molecule has 1 amide bonds. The molecule has 0 radical (unpaired) electrons. The van der Waals surface area contributed by atoms with Crippen molar-refractivity contribution in [3.8, 4) is 0 Å². The lowest BCUT2D eigenvalue weighted by atomic mass is 10.2. The summed E-state index contributed by atoms with van der Waals surface area (Å²) >= 11 is 0. The zero-order chi connectivity index (χ0) is 36.8. The summed E-state index contributed by atoms with van der Waals surface area (Å²) in [6.45, 7) is 18.8. The number of carbonyl (C=O) groups is 4. The topological polar surface area (TPSA) is 204 Å². The van der Waals surface area contributed by atoms with E-state index in [2.05, 4.69) is 14.7 Å². The van der Waals surface area contributed by atoms with E-state index in [1.165, 1.54) is 0 Å². The molecule has 17 nitrogen and oxygen atoms in total. The van der Waals surface area contributed by atoms with Gasteiger partial charge < -0.3 is 19.5 Å². The van der Waals surface area contributed by atoms with Gasteiger partial charge in [-0.05, 0) is 67.8 Å². The molecule has 1 saturated heterocycles. The first-order valence-electron chi connectivity index (χ1n) is 16.1. The van der Waals surface area contributed by atoms with Gasteiger partial charge in [0, 0.05) is 68.3 Å². The van der Waals surface area contributed by atoms with Crippen LogP contribution in [0.1, 0.15) is 62.3 Å². The molecule has 1 rings (SSSR count). The molecule has 0 spiro atoms. The SMILES string of the molecule is CC(C)(C)OC(=O)CN1CCN(CC(=O)NCCS(=O)(=O)N=[N+]=[N-])CCN(CC(=O)OC(C)(C)C)CCN(CC(=O)OC(C)(C)C)CC1. The van der Waals surface area contributed by atoms with Gasteiger partial charge in [-0.2, -0.15) is 0 Å². The highest BCUT2D eigenvalue weighted by Gasteiger charge is 2.26. The smallest absolute Gasteiger partial charge is 0.320 e. The molecule has 0 bridgehead atoms. The van der Waals surface area contributed by atoms with Gasteiger partial charge in [-0.25, -0.2) is 8.42 Å². The second kappa shape index (κ2) is 19.2. The Hall–Kier alpha value is -3.02. The lowest BCUT2D eigenvalue weighted by Gasteiger charge is -2.34. The summed E-state index contributed by atoms with van der Waals surface area (Å²) in [5.74, 6) is -2.21. The van der Waals surface area contributed by atoms with Crippen molar-refractivity contribution >= 4 is 33.8 Å². The monoisotopic (exact) mass is 704 g/mol. The van der Waals surface area contributed by atoms with Crippen molar-refractivity contribution < 1.29 is 41.8 Å². The number of sulfonamides is 1. The normalized spacial score (nSPS) is 17.3. The number of hydrogen-bond donors (Lipinski definition) is 1. The van der Waals surface area contributed by atoms with Crippen LogP contribution in [0.15, 0.2) is 4.52 Å². The molecule has 276 valence electrons. The number of carbonyl (C=O) groups excluding carboxylic acids is 4. The van der Waals surface area contributed by atoms with Gasteiger partial charge in [-0.1, -0.05) is 0 Å². The highest BCUT2D eigenvalue weighted by Crippen LogP contribution is 2.11. The highest BCUT2D eigenvalue weighted by molar-refractivity contribution is 7.90. The first-order chi connectivity index (χ1) is 21.9. The Bertz CT molecular complexity index is 1190. The van der Waals surface area contributed by atoms with Gasteiger partial charge >= 0.3 is 17.9 Å². The lowest BCUT2D eigenvalue weighted by molar-refractivity contribution is -0.158. The summed E-state index contributed by atoms with van der Waals surface area (Å²) < 4.78 is 42.8. The fraction of sp³-hybridized carbons (Fsp3) is 0.867. The van der Waals surface area contributed by atoms with Crippen LogP contribution in [0, 0.1) is 0 Å². The van der Waals surface area contributed by atoms with E-state index < -0.39 is 56.4 Å².